The molecule has 0 saturated carbocycles. The summed E-state index contributed by atoms with van der Waals surface area (Å²) in [5.41, 5.74) is 2.57. The zero-order chi connectivity index (χ0) is 22.4. The van der Waals surface area contributed by atoms with Crippen molar-refractivity contribution >= 4 is 39.4 Å². The molecule has 1 N–H and O–H groups in total. The van der Waals surface area contributed by atoms with Crippen LogP contribution in [0, 0.1) is 20.2 Å². The van der Waals surface area contributed by atoms with Crippen LogP contribution in [0.4, 0.5) is 11.4 Å². The van der Waals surface area contributed by atoms with Gasteiger partial charge in [-0.2, -0.15) is 5.10 Å². The Morgan fingerprint density at radius 2 is 1.71 bits per heavy atom. The summed E-state index contributed by atoms with van der Waals surface area (Å²) in [5, 5.41) is 25.9. The molecule has 1 amide bonds. The topological polar surface area (TPSA) is 137 Å². The number of carbonyl (C=O) groups is 1. The van der Waals surface area contributed by atoms with Crippen molar-refractivity contribution in [2.75, 3.05) is 0 Å². The Morgan fingerprint density at radius 1 is 1.00 bits per heavy atom. The van der Waals surface area contributed by atoms with Crippen LogP contribution in [-0.2, 0) is 0 Å². The number of benzene rings is 3. The van der Waals surface area contributed by atoms with Gasteiger partial charge < -0.3 is 4.74 Å². The van der Waals surface area contributed by atoms with Crippen molar-refractivity contribution in [3.63, 3.8) is 0 Å². The molecule has 0 heterocycles. The molecule has 0 aliphatic carbocycles. The summed E-state index contributed by atoms with van der Waals surface area (Å²) >= 11 is 3.29. The van der Waals surface area contributed by atoms with Crippen LogP contribution in [0.15, 0.2) is 76.3 Å². The Labute approximate surface area is 183 Å². The van der Waals surface area contributed by atoms with E-state index in [1.165, 1.54) is 12.3 Å². The van der Waals surface area contributed by atoms with E-state index in [4.69, 9.17) is 4.74 Å². The van der Waals surface area contributed by atoms with Gasteiger partial charge in [0.2, 0.25) is 5.75 Å². The zero-order valence-corrected chi connectivity index (χ0v) is 17.2. The van der Waals surface area contributed by atoms with Crippen LogP contribution in [0.1, 0.15) is 15.9 Å². The number of hydrazone groups is 1. The lowest BCUT2D eigenvalue weighted by atomic mass is 10.2. The van der Waals surface area contributed by atoms with E-state index >= 15 is 0 Å². The molecular formula is C20H13BrN4O6. The van der Waals surface area contributed by atoms with Gasteiger partial charge in [0.15, 0.2) is 0 Å². The van der Waals surface area contributed by atoms with Gasteiger partial charge in [0.05, 0.1) is 27.7 Å². The highest BCUT2D eigenvalue weighted by Crippen LogP contribution is 2.34. The molecular weight excluding hydrogens is 472 g/mol. The predicted octanol–water partition coefficient (Wildman–Crippen LogP) is 4.82. The lowest BCUT2D eigenvalue weighted by Gasteiger charge is -2.06. The lowest BCUT2D eigenvalue weighted by molar-refractivity contribution is -0.394. The fourth-order valence-electron chi connectivity index (χ4n) is 2.47. The quantitative estimate of drug-likeness (QED) is 0.289. The van der Waals surface area contributed by atoms with E-state index in [0.717, 1.165) is 12.1 Å². The summed E-state index contributed by atoms with van der Waals surface area (Å²) in [6.45, 7) is 0. The van der Waals surface area contributed by atoms with Gasteiger partial charge >= 0.3 is 5.69 Å². The summed E-state index contributed by atoms with van der Waals surface area (Å²) in [6.07, 6.45) is 1.42. The molecule has 0 radical (unpaired) electrons. The normalized spacial score (nSPS) is 10.6. The highest BCUT2D eigenvalue weighted by atomic mass is 79.9. The van der Waals surface area contributed by atoms with Gasteiger partial charge in [0.25, 0.3) is 11.6 Å². The molecule has 3 rings (SSSR count). The predicted molar refractivity (Wildman–Crippen MR) is 115 cm³/mol. The zero-order valence-electron chi connectivity index (χ0n) is 15.6. The van der Waals surface area contributed by atoms with Crippen LogP contribution in [0.3, 0.4) is 0 Å². The first-order valence-corrected chi connectivity index (χ1v) is 9.43. The SMILES string of the molecule is O=C(N/N=C\c1ccc(Oc2ccc([N+](=O)[O-])cc2[N+](=O)[O-])cc1)c1ccccc1Br. The number of carbonyl (C=O) groups excluding carboxylic acids is 1. The minimum absolute atomic E-state index is 0.127. The number of amides is 1. The minimum atomic E-state index is -0.753. The molecule has 0 aliphatic rings. The first-order chi connectivity index (χ1) is 14.8. The fraction of sp³-hybridized carbons (Fsp3) is 0. The third-order valence-electron chi connectivity index (χ3n) is 3.96. The number of nitrogens with one attached hydrogen (secondary N) is 1. The van der Waals surface area contributed by atoms with Crippen LogP contribution < -0.4 is 10.2 Å². The van der Waals surface area contributed by atoms with Crippen LogP contribution in [0.2, 0.25) is 0 Å². The number of rotatable bonds is 7. The number of hydrogen-bond donors (Lipinski definition) is 1. The van der Waals surface area contributed by atoms with Crippen LogP contribution in [-0.4, -0.2) is 22.0 Å². The maximum Gasteiger partial charge on any atom is 0.318 e. The summed E-state index contributed by atoms with van der Waals surface area (Å²) in [6, 6.07) is 16.4. The first kappa shape index (κ1) is 21.6. The van der Waals surface area contributed by atoms with Gasteiger partial charge in [-0.25, -0.2) is 5.43 Å². The summed E-state index contributed by atoms with van der Waals surface area (Å²) in [4.78, 5) is 32.6. The van der Waals surface area contributed by atoms with Crippen molar-refractivity contribution in [2.24, 2.45) is 5.10 Å². The number of non-ortho nitro benzene ring substituents is 1. The van der Waals surface area contributed by atoms with E-state index in [1.54, 1.807) is 48.5 Å². The summed E-state index contributed by atoms with van der Waals surface area (Å²) in [5.74, 6) is -0.224. The number of nitro benzene ring substituents is 2. The maximum atomic E-state index is 12.1. The third kappa shape index (κ3) is 5.48. The third-order valence-corrected chi connectivity index (χ3v) is 4.65. The van der Waals surface area contributed by atoms with Gasteiger partial charge in [0, 0.05) is 10.5 Å². The van der Waals surface area contributed by atoms with Gasteiger partial charge in [-0.05, 0) is 64.0 Å². The smallest absolute Gasteiger partial charge is 0.318 e. The molecule has 0 spiro atoms. The molecule has 3 aromatic carbocycles. The average Bonchev–Trinajstić information content (AvgIpc) is 2.75. The second-order valence-electron chi connectivity index (χ2n) is 6.02. The lowest BCUT2D eigenvalue weighted by Crippen LogP contribution is -2.18. The monoisotopic (exact) mass is 484 g/mol. The van der Waals surface area contributed by atoms with E-state index in [1.807, 2.05) is 0 Å². The molecule has 11 heteroatoms. The molecule has 0 aliphatic heterocycles. The molecule has 0 saturated heterocycles. The van der Waals surface area contributed by atoms with E-state index in [9.17, 15) is 25.0 Å². The number of ether oxygens (including phenoxy) is 1. The molecule has 0 aromatic heterocycles. The Hall–Kier alpha value is -4.12. The Morgan fingerprint density at radius 3 is 2.35 bits per heavy atom. The van der Waals surface area contributed by atoms with Crippen molar-refractivity contribution in [1.29, 1.82) is 0 Å². The van der Waals surface area contributed by atoms with Crippen molar-refractivity contribution in [2.45, 2.75) is 0 Å². The molecule has 0 atom stereocenters. The largest absolute Gasteiger partial charge is 0.450 e. The average molecular weight is 485 g/mol. The van der Waals surface area contributed by atoms with Crippen molar-refractivity contribution in [3.05, 3.63) is 103 Å². The van der Waals surface area contributed by atoms with Gasteiger partial charge in [-0.15, -0.1) is 0 Å². The van der Waals surface area contributed by atoms with E-state index < -0.39 is 21.2 Å². The minimum Gasteiger partial charge on any atom is -0.450 e. The van der Waals surface area contributed by atoms with E-state index in [0.29, 0.717) is 15.6 Å². The Kier molecular flexibility index (Phi) is 6.67. The van der Waals surface area contributed by atoms with Crippen LogP contribution >= 0.6 is 15.9 Å². The summed E-state index contributed by atoms with van der Waals surface area (Å²) < 4.78 is 6.13. The number of nitrogens with zero attached hydrogens (tertiary/aromatic N) is 3. The molecule has 0 fully saturated rings. The van der Waals surface area contributed by atoms with E-state index in [2.05, 4.69) is 26.5 Å². The molecule has 0 bridgehead atoms. The number of nitro groups is 2. The van der Waals surface area contributed by atoms with Crippen LogP contribution in [0.5, 0.6) is 11.5 Å². The second-order valence-corrected chi connectivity index (χ2v) is 6.87. The molecule has 156 valence electrons. The van der Waals surface area contributed by atoms with Gasteiger partial charge in [0.1, 0.15) is 5.75 Å². The van der Waals surface area contributed by atoms with Gasteiger partial charge in [-0.1, -0.05) is 12.1 Å². The molecule has 0 unspecified atom stereocenters. The van der Waals surface area contributed by atoms with Crippen molar-refractivity contribution in [1.82, 2.24) is 5.43 Å². The highest BCUT2D eigenvalue weighted by Gasteiger charge is 2.21. The fourth-order valence-corrected chi connectivity index (χ4v) is 2.93. The Bertz CT molecular complexity index is 1180. The standard InChI is InChI=1S/C20H13BrN4O6/c21-17-4-2-1-3-16(17)20(26)23-22-12-13-5-8-15(9-6-13)31-19-10-7-14(24(27)28)11-18(19)25(29)30/h1-12H,(H,23,26)/b22-12-. The molecule has 3 aromatic rings. The molecule has 31 heavy (non-hydrogen) atoms. The maximum absolute atomic E-state index is 12.1. The first-order valence-electron chi connectivity index (χ1n) is 8.64. The molecule has 10 nitrogen and oxygen atoms in total. The second kappa shape index (κ2) is 9.59. The van der Waals surface area contributed by atoms with Crippen molar-refractivity contribution in [3.8, 4) is 11.5 Å². The van der Waals surface area contributed by atoms with Crippen molar-refractivity contribution < 1.29 is 19.4 Å². The highest BCUT2D eigenvalue weighted by molar-refractivity contribution is 9.10. The van der Waals surface area contributed by atoms with E-state index in [-0.39, 0.29) is 17.4 Å². The number of halogens is 1. The summed E-state index contributed by atoms with van der Waals surface area (Å²) in [7, 11) is 0. The van der Waals surface area contributed by atoms with Crippen LogP contribution in [0.25, 0.3) is 0 Å². The van der Waals surface area contributed by atoms with Gasteiger partial charge in [-0.3, -0.25) is 25.0 Å². The Balaban J connectivity index is 1.67. The number of hydrogen-bond acceptors (Lipinski definition) is 7.